The molecule has 3 nitrogen and oxygen atoms in total. The minimum absolute atomic E-state index is 0. The van der Waals surface area contributed by atoms with E-state index in [1.165, 1.54) is 17.7 Å². The number of anilines is 2. The van der Waals surface area contributed by atoms with Gasteiger partial charge in [-0.3, -0.25) is 5.41 Å². The van der Waals surface area contributed by atoms with Crippen molar-refractivity contribution in [3.8, 4) is 0 Å². The number of aryl methyl sites for hydroxylation is 1. The first kappa shape index (κ1) is 18.7. The topological polar surface area (TPSA) is 39.1 Å². The molecular formula is C20H21ClFN3. The molecule has 0 aliphatic carbocycles. The normalized spacial score (nSPS) is 10.2. The number of halogens is 2. The van der Waals surface area contributed by atoms with Crippen molar-refractivity contribution in [2.45, 2.75) is 13.3 Å². The van der Waals surface area contributed by atoms with Crippen molar-refractivity contribution >= 4 is 40.5 Å². The van der Waals surface area contributed by atoms with Crippen LogP contribution in [0, 0.1) is 11.2 Å². The Morgan fingerprint density at radius 2 is 1.84 bits per heavy atom. The molecule has 0 radical (unpaired) electrons. The van der Waals surface area contributed by atoms with Crippen molar-refractivity contribution in [3.05, 3.63) is 72.0 Å². The maximum atomic E-state index is 13.6. The monoisotopic (exact) mass is 357 g/mol. The van der Waals surface area contributed by atoms with E-state index in [9.17, 15) is 4.39 Å². The van der Waals surface area contributed by atoms with E-state index in [1.807, 2.05) is 37.4 Å². The van der Waals surface area contributed by atoms with Crippen LogP contribution in [0.15, 0.2) is 60.7 Å². The molecule has 5 heteroatoms. The van der Waals surface area contributed by atoms with Crippen molar-refractivity contribution < 1.29 is 4.39 Å². The highest BCUT2D eigenvalue weighted by Gasteiger charge is 2.10. The summed E-state index contributed by atoms with van der Waals surface area (Å²) in [5, 5.41) is 13.1. The molecule has 3 aromatic rings. The first-order chi connectivity index (χ1) is 11.6. The molecule has 130 valence electrons. The quantitative estimate of drug-likeness (QED) is 0.483. The van der Waals surface area contributed by atoms with E-state index in [4.69, 9.17) is 5.41 Å². The summed E-state index contributed by atoms with van der Waals surface area (Å²) in [6, 6.07) is 18.5. The second kappa shape index (κ2) is 7.99. The fraction of sp³-hybridized carbons (Fsp3) is 0.150. The predicted molar refractivity (Wildman–Crippen MR) is 107 cm³/mol. The molecule has 0 amide bonds. The molecule has 0 bridgehead atoms. The number of guanidine groups is 1. The van der Waals surface area contributed by atoms with Crippen molar-refractivity contribution in [1.29, 1.82) is 5.41 Å². The third-order valence-corrected chi connectivity index (χ3v) is 4.14. The Hall–Kier alpha value is -2.59. The van der Waals surface area contributed by atoms with Crippen LogP contribution in [0.2, 0.25) is 0 Å². The summed E-state index contributed by atoms with van der Waals surface area (Å²) in [6.45, 7) is 2.10. The third kappa shape index (κ3) is 4.09. The van der Waals surface area contributed by atoms with Gasteiger partial charge >= 0.3 is 0 Å². The van der Waals surface area contributed by atoms with Crippen LogP contribution in [-0.4, -0.2) is 13.0 Å². The number of nitrogens with one attached hydrogen (secondary N) is 2. The highest BCUT2D eigenvalue weighted by molar-refractivity contribution is 6.08. The number of benzene rings is 3. The molecule has 3 aromatic carbocycles. The number of nitrogens with zero attached hydrogens (tertiary/aromatic N) is 1. The van der Waals surface area contributed by atoms with Gasteiger partial charge in [0.15, 0.2) is 5.96 Å². The second-order valence-electron chi connectivity index (χ2n) is 5.73. The van der Waals surface area contributed by atoms with Gasteiger partial charge in [0.25, 0.3) is 0 Å². The van der Waals surface area contributed by atoms with Crippen molar-refractivity contribution in [2.24, 2.45) is 0 Å². The summed E-state index contributed by atoms with van der Waals surface area (Å²) in [6.07, 6.45) is 0.949. The summed E-state index contributed by atoms with van der Waals surface area (Å²) in [7, 11) is 1.84. The van der Waals surface area contributed by atoms with E-state index in [2.05, 4.69) is 24.4 Å². The predicted octanol–water partition coefficient (Wildman–Crippen LogP) is 5.45. The second-order valence-corrected chi connectivity index (χ2v) is 5.73. The average molecular weight is 358 g/mol. The lowest BCUT2D eigenvalue weighted by Crippen LogP contribution is -2.32. The number of rotatable bonds is 3. The van der Waals surface area contributed by atoms with E-state index >= 15 is 0 Å². The maximum absolute atomic E-state index is 13.6. The average Bonchev–Trinajstić information content (AvgIpc) is 2.61. The fourth-order valence-corrected chi connectivity index (χ4v) is 2.68. The Labute approximate surface area is 153 Å². The van der Waals surface area contributed by atoms with Crippen LogP contribution in [0.1, 0.15) is 12.5 Å². The molecule has 0 aliphatic rings. The van der Waals surface area contributed by atoms with Crippen molar-refractivity contribution in [3.63, 3.8) is 0 Å². The van der Waals surface area contributed by atoms with Gasteiger partial charge < -0.3 is 10.2 Å². The molecule has 0 spiro atoms. The minimum atomic E-state index is -0.285. The molecule has 0 aromatic heterocycles. The van der Waals surface area contributed by atoms with Crippen LogP contribution in [0.4, 0.5) is 15.8 Å². The van der Waals surface area contributed by atoms with Crippen LogP contribution in [0.25, 0.3) is 10.8 Å². The van der Waals surface area contributed by atoms with Crippen LogP contribution in [-0.2, 0) is 6.42 Å². The molecular weight excluding hydrogens is 337 g/mol. The van der Waals surface area contributed by atoms with Gasteiger partial charge in [0.1, 0.15) is 5.82 Å². The van der Waals surface area contributed by atoms with Crippen molar-refractivity contribution in [2.75, 3.05) is 17.3 Å². The fourth-order valence-electron chi connectivity index (χ4n) is 2.68. The highest BCUT2D eigenvalue weighted by Crippen LogP contribution is 2.25. The molecule has 0 atom stereocenters. The smallest absolute Gasteiger partial charge is 0.199 e. The Morgan fingerprint density at radius 3 is 2.60 bits per heavy atom. The standard InChI is InChI=1S/C20H20FN3.ClH/c1-3-14-6-4-8-17(12-14)24(2)20(22)23-19-9-5-7-15-10-11-16(21)13-18(15)19;/h4-13H,3H2,1-2H3,(H2,22,23);1H. The van der Waals surface area contributed by atoms with Gasteiger partial charge in [0.2, 0.25) is 0 Å². The highest BCUT2D eigenvalue weighted by atomic mass is 35.5. The summed E-state index contributed by atoms with van der Waals surface area (Å²) < 4.78 is 13.6. The van der Waals surface area contributed by atoms with Crippen molar-refractivity contribution in [1.82, 2.24) is 0 Å². The maximum Gasteiger partial charge on any atom is 0.199 e. The molecule has 25 heavy (non-hydrogen) atoms. The number of fused-ring (bicyclic) bond motifs is 1. The van der Waals surface area contributed by atoms with Gasteiger partial charge in [-0.05, 0) is 47.7 Å². The van der Waals surface area contributed by atoms with Gasteiger partial charge in [0.05, 0.1) is 0 Å². The minimum Gasteiger partial charge on any atom is -0.326 e. The van der Waals surface area contributed by atoms with Gasteiger partial charge in [-0.2, -0.15) is 0 Å². The molecule has 0 unspecified atom stereocenters. The SMILES string of the molecule is CCc1cccc(N(C)C(=N)Nc2cccc3ccc(F)cc23)c1.Cl. The lowest BCUT2D eigenvalue weighted by Gasteiger charge is -2.22. The number of hydrogen-bond acceptors (Lipinski definition) is 1. The van der Waals surface area contributed by atoms with Crippen LogP contribution >= 0.6 is 12.4 Å². The molecule has 0 heterocycles. The Kier molecular flexibility index (Phi) is 5.99. The zero-order valence-electron chi connectivity index (χ0n) is 14.2. The lowest BCUT2D eigenvalue weighted by atomic mass is 10.1. The Balaban J connectivity index is 0.00000225. The van der Waals surface area contributed by atoms with Gasteiger partial charge in [0, 0.05) is 23.8 Å². The molecule has 0 fully saturated rings. The van der Waals surface area contributed by atoms with E-state index < -0.39 is 0 Å². The molecule has 3 rings (SSSR count). The number of hydrogen-bond donors (Lipinski definition) is 2. The van der Waals surface area contributed by atoms with E-state index in [0.717, 1.165) is 28.6 Å². The Bertz CT molecular complexity index is 895. The summed E-state index contributed by atoms with van der Waals surface area (Å²) in [4.78, 5) is 1.78. The Morgan fingerprint density at radius 1 is 1.08 bits per heavy atom. The van der Waals surface area contributed by atoms with E-state index in [1.54, 1.807) is 11.0 Å². The van der Waals surface area contributed by atoms with E-state index in [0.29, 0.717) is 0 Å². The van der Waals surface area contributed by atoms with E-state index in [-0.39, 0.29) is 24.2 Å². The largest absolute Gasteiger partial charge is 0.326 e. The molecule has 0 saturated heterocycles. The lowest BCUT2D eigenvalue weighted by molar-refractivity contribution is 0.630. The zero-order valence-corrected chi connectivity index (χ0v) is 15.0. The van der Waals surface area contributed by atoms with Gasteiger partial charge in [-0.15, -0.1) is 12.4 Å². The summed E-state index contributed by atoms with van der Waals surface area (Å²) in [5.41, 5.74) is 2.88. The molecule has 2 N–H and O–H groups in total. The summed E-state index contributed by atoms with van der Waals surface area (Å²) >= 11 is 0. The molecule has 0 aliphatic heterocycles. The van der Waals surface area contributed by atoms with Crippen LogP contribution in [0.3, 0.4) is 0 Å². The first-order valence-corrected chi connectivity index (χ1v) is 7.95. The molecule has 0 saturated carbocycles. The van der Waals surface area contributed by atoms with Gasteiger partial charge in [-0.1, -0.05) is 37.3 Å². The first-order valence-electron chi connectivity index (χ1n) is 7.95. The third-order valence-electron chi connectivity index (χ3n) is 4.14. The van der Waals surface area contributed by atoms with Crippen LogP contribution in [0.5, 0.6) is 0 Å². The summed E-state index contributed by atoms with van der Waals surface area (Å²) in [5.74, 6) is -0.0488. The van der Waals surface area contributed by atoms with Crippen LogP contribution < -0.4 is 10.2 Å². The zero-order chi connectivity index (χ0) is 17.1. The van der Waals surface area contributed by atoms with Gasteiger partial charge in [-0.25, -0.2) is 4.39 Å².